The average Bonchev–Trinajstić information content (AvgIpc) is 2.34. The quantitative estimate of drug-likeness (QED) is 0.430. The highest BCUT2D eigenvalue weighted by molar-refractivity contribution is 7.91. The topological polar surface area (TPSA) is 145 Å². The maximum atomic E-state index is 11.4. The summed E-state index contributed by atoms with van der Waals surface area (Å²) >= 11 is 0. The van der Waals surface area contributed by atoms with Crippen molar-refractivity contribution in [2.75, 3.05) is 0 Å². The molecule has 0 saturated heterocycles. The number of rotatable bonds is 2. The van der Waals surface area contributed by atoms with Gasteiger partial charge in [-0.2, -0.15) is 21.6 Å². The Morgan fingerprint density at radius 1 is 1.15 bits per heavy atom. The monoisotopic (exact) mass is 316 g/mol. The fourth-order valence-electron chi connectivity index (χ4n) is 1.92. The van der Waals surface area contributed by atoms with Crippen molar-refractivity contribution < 1.29 is 30.7 Å². The standard InChI is InChI=1S/C10H8N2O6S2/c11-12-8-3-1-2-6-4-7(19(13,14)15)5-9(10(6)8)20(16,17)18/h1-4H,5H2,(H,13,14,15)(H,16,17,18). The van der Waals surface area contributed by atoms with Crippen LogP contribution in [-0.4, -0.2) is 36.4 Å². The lowest BCUT2D eigenvalue weighted by atomic mass is 9.91. The molecule has 0 radical (unpaired) electrons. The molecule has 0 saturated carbocycles. The largest absolute Gasteiger partial charge is 0.361 e. The number of nitrogens with zero attached hydrogens (tertiary/aromatic N) is 2. The van der Waals surface area contributed by atoms with Gasteiger partial charge in [0.2, 0.25) is 0 Å². The van der Waals surface area contributed by atoms with E-state index in [9.17, 15) is 21.4 Å². The van der Waals surface area contributed by atoms with Crippen LogP contribution in [0.1, 0.15) is 6.42 Å². The first-order chi connectivity index (χ1) is 9.14. The molecule has 2 rings (SSSR count). The lowest BCUT2D eigenvalue weighted by Crippen LogP contribution is -2.20. The molecule has 0 fully saturated rings. The van der Waals surface area contributed by atoms with Crippen LogP contribution < -0.4 is 0 Å². The first-order valence-corrected chi connectivity index (χ1v) is 8.02. The molecule has 0 bridgehead atoms. The normalized spacial score (nSPS) is 19.2. The second kappa shape index (κ2) is 4.62. The molecule has 8 nitrogen and oxygen atoms in total. The van der Waals surface area contributed by atoms with Gasteiger partial charge in [0, 0.05) is 12.5 Å². The van der Waals surface area contributed by atoms with Crippen molar-refractivity contribution in [3.8, 4) is 0 Å². The summed E-state index contributed by atoms with van der Waals surface area (Å²) < 4.78 is 63.3. The molecule has 0 aromatic carbocycles. The van der Waals surface area contributed by atoms with Crippen molar-refractivity contribution in [3.63, 3.8) is 0 Å². The average molecular weight is 316 g/mol. The number of allylic oxidation sites excluding steroid dienone is 8. The van der Waals surface area contributed by atoms with Crippen LogP contribution in [0.5, 0.6) is 0 Å². The van der Waals surface area contributed by atoms with E-state index >= 15 is 0 Å². The minimum atomic E-state index is -4.74. The van der Waals surface area contributed by atoms with Gasteiger partial charge in [0.25, 0.3) is 20.2 Å². The van der Waals surface area contributed by atoms with Gasteiger partial charge in [-0.3, -0.25) is 9.11 Å². The van der Waals surface area contributed by atoms with Crippen molar-refractivity contribution in [1.29, 1.82) is 0 Å². The van der Waals surface area contributed by atoms with Gasteiger partial charge in [-0.05, 0) is 11.6 Å². The summed E-state index contributed by atoms with van der Waals surface area (Å²) in [6, 6.07) is 0. The molecule has 0 spiro atoms. The highest BCUT2D eigenvalue weighted by atomic mass is 32.2. The van der Waals surface area contributed by atoms with E-state index in [4.69, 9.17) is 10.1 Å². The van der Waals surface area contributed by atoms with E-state index in [1.807, 2.05) is 0 Å². The van der Waals surface area contributed by atoms with Crippen LogP contribution in [0.4, 0.5) is 0 Å². The highest BCUT2D eigenvalue weighted by Gasteiger charge is 2.36. The van der Waals surface area contributed by atoms with Crippen LogP contribution in [-0.2, 0) is 20.2 Å². The van der Waals surface area contributed by atoms with Crippen LogP contribution in [0.25, 0.3) is 5.53 Å². The lowest BCUT2D eigenvalue weighted by Gasteiger charge is -2.18. The van der Waals surface area contributed by atoms with Gasteiger partial charge < -0.3 is 5.53 Å². The molecule has 2 aliphatic carbocycles. The maximum Gasteiger partial charge on any atom is 0.324 e. The van der Waals surface area contributed by atoms with Crippen molar-refractivity contribution in [3.05, 3.63) is 50.8 Å². The van der Waals surface area contributed by atoms with E-state index in [-0.39, 0.29) is 16.9 Å². The smallest absolute Gasteiger partial charge is 0.324 e. The van der Waals surface area contributed by atoms with Gasteiger partial charge in [0.1, 0.15) is 0 Å². The third kappa shape index (κ3) is 2.55. The van der Waals surface area contributed by atoms with Crippen LogP contribution in [0.3, 0.4) is 0 Å². The molecule has 2 aliphatic rings. The molecular weight excluding hydrogens is 308 g/mol. The Bertz CT molecular complexity index is 865. The molecule has 10 heteroatoms. The summed E-state index contributed by atoms with van der Waals surface area (Å²) in [4.78, 5) is 1.66. The number of fused-ring (bicyclic) bond motifs is 1. The van der Waals surface area contributed by atoms with Gasteiger partial charge in [0.15, 0.2) is 0 Å². The second-order valence-corrected chi connectivity index (χ2v) is 6.92. The Labute approximate surface area is 114 Å². The molecule has 0 amide bonds. The number of hydrogen-bond acceptors (Lipinski definition) is 4. The van der Waals surface area contributed by atoms with Crippen molar-refractivity contribution in [2.24, 2.45) is 0 Å². The molecule has 0 aromatic rings. The molecule has 106 valence electrons. The summed E-state index contributed by atoms with van der Waals surface area (Å²) in [5.74, 6) is 0. The molecule has 0 aliphatic heterocycles. The molecule has 0 aromatic heterocycles. The summed E-state index contributed by atoms with van der Waals surface area (Å²) in [6.45, 7) is 0. The SMILES string of the molecule is [N-]=[N+]=C1C=CC=C2C=C(S(=O)(=O)O)CC(S(=O)(=O)O)=C21. The van der Waals surface area contributed by atoms with Crippen LogP contribution in [0.15, 0.2) is 45.3 Å². The predicted octanol–water partition coefficient (Wildman–Crippen LogP) is 0.471. The Morgan fingerprint density at radius 3 is 2.30 bits per heavy atom. The van der Waals surface area contributed by atoms with E-state index in [1.165, 1.54) is 18.2 Å². The predicted molar refractivity (Wildman–Crippen MR) is 68.7 cm³/mol. The van der Waals surface area contributed by atoms with Crippen molar-refractivity contribution in [2.45, 2.75) is 6.42 Å². The molecule has 0 unspecified atom stereocenters. The Kier molecular flexibility index (Phi) is 3.36. The lowest BCUT2D eigenvalue weighted by molar-refractivity contribution is -0.00241. The minimum Gasteiger partial charge on any atom is -0.361 e. The van der Waals surface area contributed by atoms with E-state index in [1.54, 1.807) is 0 Å². The molecule has 2 N–H and O–H groups in total. The van der Waals surface area contributed by atoms with Gasteiger partial charge in [-0.25, -0.2) is 0 Å². The zero-order chi connectivity index (χ0) is 15.1. The Hall–Kier alpha value is -1.84. The van der Waals surface area contributed by atoms with E-state index in [2.05, 4.69) is 4.79 Å². The van der Waals surface area contributed by atoms with Crippen LogP contribution in [0.2, 0.25) is 0 Å². The summed E-state index contributed by atoms with van der Waals surface area (Å²) in [5, 5.41) is 0. The summed E-state index contributed by atoms with van der Waals surface area (Å²) in [7, 11) is -9.35. The van der Waals surface area contributed by atoms with Crippen molar-refractivity contribution >= 4 is 25.9 Å². The molecule has 0 heterocycles. The first-order valence-electron chi connectivity index (χ1n) is 5.14. The second-order valence-electron chi connectivity index (χ2n) is 4.00. The molecular formula is C10H8N2O6S2. The highest BCUT2D eigenvalue weighted by Crippen LogP contribution is 2.35. The molecule has 0 atom stereocenters. The summed E-state index contributed by atoms with van der Waals surface area (Å²) in [6.07, 6.45) is 4.37. The Morgan fingerprint density at radius 2 is 1.80 bits per heavy atom. The van der Waals surface area contributed by atoms with Crippen molar-refractivity contribution in [1.82, 2.24) is 0 Å². The van der Waals surface area contributed by atoms with Gasteiger partial charge in [-0.1, -0.05) is 12.2 Å². The van der Waals surface area contributed by atoms with Crippen LogP contribution in [0, 0.1) is 0 Å². The zero-order valence-corrected chi connectivity index (χ0v) is 11.4. The van der Waals surface area contributed by atoms with Gasteiger partial charge >= 0.3 is 5.71 Å². The third-order valence-corrected chi connectivity index (χ3v) is 4.65. The fourth-order valence-corrected chi connectivity index (χ4v) is 3.43. The van der Waals surface area contributed by atoms with E-state index < -0.39 is 36.5 Å². The fraction of sp³-hybridized carbons (Fsp3) is 0.100. The minimum absolute atomic E-state index is 0.0896. The van der Waals surface area contributed by atoms with Crippen LogP contribution >= 0.6 is 0 Å². The maximum absolute atomic E-state index is 11.4. The van der Waals surface area contributed by atoms with E-state index in [0.717, 1.165) is 6.08 Å². The van der Waals surface area contributed by atoms with E-state index in [0.29, 0.717) is 0 Å². The van der Waals surface area contributed by atoms with Gasteiger partial charge in [0.05, 0.1) is 15.4 Å². The number of hydrogen-bond donors (Lipinski definition) is 2. The molecule has 20 heavy (non-hydrogen) atoms. The van der Waals surface area contributed by atoms with Gasteiger partial charge in [-0.15, -0.1) is 0 Å². The first kappa shape index (κ1) is 14.6. The Balaban J connectivity index is 2.80. The summed E-state index contributed by atoms with van der Waals surface area (Å²) in [5.41, 5.74) is 8.69. The zero-order valence-electron chi connectivity index (χ0n) is 9.75. The third-order valence-electron chi connectivity index (χ3n) is 2.76.